The number of halogens is 1. The molecule has 2 N–H and O–H groups in total. The predicted octanol–water partition coefficient (Wildman–Crippen LogP) is 2.75. The number of nitrogens with zero attached hydrogens (tertiary/aromatic N) is 3. The summed E-state index contributed by atoms with van der Waals surface area (Å²) in [6, 6.07) is 4.30. The van der Waals surface area contributed by atoms with Gasteiger partial charge in [0.1, 0.15) is 0 Å². The molecule has 2 fully saturated rings. The normalized spacial score (nSPS) is 18.7. The molecule has 1 amide bonds. The Morgan fingerprint density at radius 2 is 1.97 bits per heavy atom. The molecule has 0 radical (unpaired) electrons. The van der Waals surface area contributed by atoms with Crippen LogP contribution in [-0.4, -0.2) is 74.5 Å². The lowest BCUT2D eigenvalue weighted by Crippen LogP contribution is -2.52. The maximum absolute atomic E-state index is 12.3. The lowest BCUT2D eigenvalue weighted by molar-refractivity contribution is -0.139. The predicted molar refractivity (Wildman–Crippen MR) is 132 cm³/mol. The Labute approximate surface area is 196 Å². The minimum absolute atomic E-state index is 0. The molecule has 0 spiro atoms. The molecule has 1 saturated carbocycles. The third-order valence-electron chi connectivity index (χ3n) is 5.97. The van der Waals surface area contributed by atoms with Crippen LogP contribution in [0.3, 0.4) is 0 Å². The Balaban J connectivity index is 0.00000300. The molecule has 6 nitrogen and oxygen atoms in total. The molecule has 8 heteroatoms. The van der Waals surface area contributed by atoms with Crippen molar-refractivity contribution in [3.63, 3.8) is 0 Å². The van der Waals surface area contributed by atoms with E-state index in [-0.39, 0.29) is 29.4 Å². The van der Waals surface area contributed by atoms with E-state index in [0.29, 0.717) is 11.8 Å². The zero-order valence-electron chi connectivity index (χ0n) is 17.9. The summed E-state index contributed by atoms with van der Waals surface area (Å²) in [7, 11) is 1.82. The van der Waals surface area contributed by atoms with Crippen LogP contribution in [0.25, 0.3) is 0 Å². The number of amides is 1. The average Bonchev–Trinajstić information content (AvgIpc) is 3.19. The van der Waals surface area contributed by atoms with Crippen LogP contribution >= 0.6 is 35.3 Å². The summed E-state index contributed by atoms with van der Waals surface area (Å²) in [6.45, 7) is 10.9. The maximum atomic E-state index is 12.3. The van der Waals surface area contributed by atoms with Gasteiger partial charge in [-0.15, -0.1) is 35.3 Å². The van der Waals surface area contributed by atoms with E-state index < -0.39 is 0 Å². The minimum atomic E-state index is 0. The molecule has 1 aliphatic heterocycles. The lowest BCUT2D eigenvalue weighted by Gasteiger charge is -2.38. The molecule has 0 bridgehead atoms. The molecule has 1 aromatic heterocycles. The molecule has 2 heterocycles. The van der Waals surface area contributed by atoms with Gasteiger partial charge in [-0.3, -0.25) is 14.7 Å². The molecule has 1 saturated heterocycles. The van der Waals surface area contributed by atoms with E-state index in [9.17, 15) is 4.79 Å². The zero-order chi connectivity index (χ0) is 20.0. The molecule has 2 aliphatic rings. The number of piperazine rings is 1. The van der Waals surface area contributed by atoms with E-state index in [0.717, 1.165) is 64.6 Å². The van der Waals surface area contributed by atoms with E-state index in [1.54, 1.807) is 11.3 Å². The van der Waals surface area contributed by atoms with Crippen molar-refractivity contribution in [3.05, 3.63) is 22.4 Å². The highest BCUT2D eigenvalue weighted by Gasteiger charge is 2.31. The van der Waals surface area contributed by atoms with Crippen LogP contribution in [0.1, 0.15) is 38.0 Å². The summed E-state index contributed by atoms with van der Waals surface area (Å²) in [4.78, 5) is 22.6. The molecule has 1 aliphatic carbocycles. The SMILES string of the molecule is CN=C(NCCN1CCN(C(=O)C2CCC2)CC1)NCC(C)(C)c1cccs1.I. The van der Waals surface area contributed by atoms with Gasteiger partial charge >= 0.3 is 0 Å². The largest absolute Gasteiger partial charge is 0.356 e. The summed E-state index contributed by atoms with van der Waals surface area (Å²) < 4.78 is 0. The van der Waals surface area contributed by atoms with Crippen LogP contribution in [-0.2, 0) is 10.2 Å². The van der Waals surface area contributed by atoms with Gasteiger partial charge in [0, 0.05) is 69.1 Å². The number of guanidine groups is 1. The minimum Gasteiger partial charge on any atom is -0.356 e. The second-order valence-electron chi connectivity index (χ2n) is 8.51. The fraction of sp³-hybridized carbons (Fsp3) is 0.714. The molecule has 164 valence electrons. The van der Waals surface area contributed by atoms with Gasteiger partial charge in [0.25, 0.3) is 0 Å². The number of carbonyl (C=O) groups excluding carboxylic acids is 1. The second-order valence-corrected chi connectivity index (χ2v) is 9.46. The summed E-state index contributed by atoms with van der Waals surface area (Å²) in [5, 5.41) is 9.01. The highest BCUT2D eigenvalue weighted by molar-refractivity contribution is 14.0. The number of nitrogens with one attached hydrogen (secondary N) is 2. The zero-order valence-corrected chi connectivity index (χ0v) is 21.1. The number of thiophene rings is 1. The van der Waals surface area contributed by atoms with E-state index in [1.807, 2.05) is 7.05 Å². The van der Waals surface area contributed by atoms with Crippen LogP contribution in [0.5, 0.6) is 0 Å². The van der Waals surface area contributed by atoms with E-state index >= 15 is 0 Å². The van der Waals surface area contributed by atoms with Gasteiger partial charge in [-0.1, -0.05) is 26.3 Å². The van der Waals surface area contributed by atoms with Crippen LogP contribution in [0.4, 0.5) is 0 Å². The molecular formula is C21H36IN5OS. The third-order valence-corrected chi connectivity index (χ3v) is 7.20. The molecule has 1 aromatic rings. The molecule has 0 atom stereocenters. The Morgan fingerprint density at radius 1 is 1.24 bits per heavy atom. The summed E-state index contributed by atoms with van der Waals surface area (Å²) in [5.41, 5.74) is 0.0785. The first-order chi connectivity index (χ1) is 13.5. The van der Waals surface area contributed by atoms with Crippen LogP contribution in [0, 0.1) is 5.92 Å². The van der Waals surface area contributed by atoms with Gasteiger partial charge in [-0.25, -0.2) is 0 Å². The summed E-state index contributed by atoms with van der Waals surface area (Å²) >= 11 is 1.80. The summed E-state index contributed by atoms with van der Waals surface area (Å²) in [5.74, 6) is 1.56. The Morgan fingerprint density at radius 3 is 2.52 bits per heavy atom. The lowest BCUT2D eigenvalue weighted by atomic mass is 9.84. The Hall–Kier alpha value is -0.870. The maximum Gasteiger partial charge on any atom is 0.225 e. The van der Waals surface area contributed by atoms with Crippen molar-refractivity contribution in [3.8, 4) is 0 Å². The molecule has 3 rings (SSSR count). The number of aliphatic imine (C=N–C) groups is 1. The number of rotatable bonds is 7. The standard InChI is InChI=1S/C21H35N5OS.HI/c1-21(2,18-8-5-15-28-18)16-24-20(22-3)23-9-10-25-11-13-26(14-12-25)19(27)17-6-4-7-17;/h5,8,15,17H,4,6-7,9-14,16H2,1-3H3,(H2,22,23,24);1H. The second kappa shape index (κ2) is 11.5. The molecule has 0 aromatic carbocycles. The monoisotopic (exact) mass is 533 g/mol. The first-order valence-electron chi connectivity index (χ1n) is 10.5. The van der Waals surface area contributed by atoms with Gasteiger partial charge < -0.3 is 15.5 Å². The highest BCUT2D eigenvalue weighted by Crippen LogP contribution is 2.28. The van der Waals surface area contributed by atoms with Crippen molar-refractivity contribution in [2.45, 2.75) is 38.5 Å². The van der Waals surface area contributed by atoms with Crippen LogP contribution in [0.2, 0.25) is 0 Å². The quantitative estimate of drug-likeness (QED) is 0.322. The van der Waals surface area contributed by atoms with Crippen LogP contribution < -0.4 is 10.6 Å². The van der Waals surface area contributed by atoms with Crippen molar-refractivity contribution in [1.82, 2.24) is 20.4 Å². The first-order valence-corrected chi connectivity index (χ1v) is 11.4. The Bertz CT molecular complexity index is 652. The van der Waals surface area contributed by atoms with Crippen LogP contribution in [0.15, 0.2) is 22.5 Å². The third kappa shape index (κ3) is 6.82. The summed E-state index contributed by atoms with van der Waals surface area (Å²) in [6.07, 6.45) is 3.42. The van der Waals surface area contributed by atoms with Gasteiger partial charge in [0.05, 0.1) is 0 Å². The number of hydrogen-bond acceptors (Lipinski definition) is 4. The van der Waals surface area contributed by atoms with Gasteiger partial charge in [-0.05, 0) is 24.3 Å². The van der Waals surface area contributed by atoms with E-state index in [2.05, 4.69) is 56.8 Å². The van der Waals surface area contributed by atoms with Crippen molar-refractivity contribution in [2.75, 3.05) is 52.9 Å². The first kappa shape index (κ1) is 24.4. The highest BCUT2D eigenvalue weighted by atomic mass is 127. The van der Waals surface area contributed by atoms with Gasteiger partial charge in [0.2, 0.25) is 5.91 Å². The van der Waals surface area contributed by atoms with E-state index in [1.165, 1.54) is 11.3 Å². The van der Waals surface area contributed by atoms with Crippen molar-refractivity contribution in [2.24, 2.45) is 10.9 Å². The number of hydrogen-bond donors (Lipinski definition) is 2. The number of carbonyl (C=O) groups is 1. The Kier molecular flexibility index (Phi) is 9.68. The fourth-order valence-electron chi connectivity index (χ4n) is 3.71. The van der Waals surface area contributed by atoms with Crippen molar-refractivity contribution < 1.29 is 4.79 Å². The average molecular weight is 534 g/mol. The fourth-order valence-corrected chi connectivity index (χ4v) is 4.57. The molecular weight excluding hydrogens is 497 g/mol. The van der Waals surface area contributed by atoms with E-state index in [4.69, 9.17) is 0 Å². The van der Waals surface area contributed by atoms with Gasteiger partial charge in [0.15, 0.2) is 5.96 Å². The molecule has 0 unspecified atom stereocenters. The smallest absolute Gasteiger partial charge is 0.225 e. The van der Waals surface area contributed by atoms with Gasteiger partial charge in [-0.2, -0.15) is 0 Å². The van der Waals surface area contributed by atoms with Crippen molar-refractivity contribution >= 4 is 47.2 Å². The topological polar surface area (TPSA) is 60.0 Å². The molecule has 29 heavy (non-hydrogen) atoms. The van der Waals surface area contributed by atoms with Crippen molar-refractivity contribution in [1.29, 1.82) is 0 Å².